The number of carbonyl (C=O) groups excluding carboxylic acids is 2. The maximum atomic E-state index is 13.4. The molecule has 0 aliphatic heterocycles. The molecule has 0 radical (unpaired) electrons. The first-order valence-electron chi connectivity index (χ1n) is 11.7. The van der Waals surface area contributed by atoms with E-state index in [-0.39, 0.29) is 17.4 Å². The Kier molecular flexibility index (Phi) is 7.96. The minimum Gasteiger partial charge on any atom is -0.465 e. The number of hydrogen-bond acceptors (Lipinski definition) is 5. The van der Waals surface area contributed by atoms with Crippen LogP contribution in [0.3, 0.4) is 0 Å². The lowest BCUT2D eigenvalue weighted by molar-refractivity contribution is -0.146. The zero-order valence-electron chi connectivity index (χ0n) is 20.1. The van der Waals surface area contributed by atoms with E-state index in [0.29, 0.717) is 35.7 Å². The minimum atomic E-state index is -4.08. The van der Waals surface area contributed by atoms with Crippen molar-refractivity contribution in [3.63, 3.8) is 0 Å². The van der Waals surface area contributed by atoms with Crippen molar-refractivity contribution in [2.24, 2.45) is 0 Å². The van der Waals surface area contributed by atoms with Crippen molar-refractivity contribution < 1.29 is 27.1 Å². The predicted molar refractivity (Wildman–Crippen MR) is 138 cm³/mol. The van der Waals surface area contributed by atoms with Gasteiger partial charge in [-0.1, -0.05) is 35.9 Å². The number of rotatable bonds is 10. The minimum absolute atomic E-state index is 0.0233. The highest BCUT2D eigenvalue weighted by molar-refractivity contribution is 7.89. The van der Waals surface area contributed by atoms with E-state index < -0.39 is 33.7 Å². The number of anilines is 1. The van der Waals surface area contributed by atoms with Gasteiger partial charge in [0.2, 0.25) is 15.9 Å². The van der Waals surface area contributed by atoms with Crippen molar-refractivity contribution in [2.45, 2.75) is 36.6 Å². The first kappa shape index (κ1) is 26.8. The van der Waals surface area contributed by atoms with Crippen molar-refractivity contribution in [3.8, 4) is 0 Å². The molecule has 1 aliphatic rings. The Morgan fingerprint density at radius 2 is 1.62 bits per heavy atom. The molecule has 3 aromatic rings. The van der Waals surface area contributed by atoms with Gasteiger partial charge in [0.15, 0.2) is 0 Å². The van der Waals surface area contributed by atoms with E-state index in [0.717, 1.165) is 9.87 Å². The van der Waals surface area contributed by atoms with Crippen LogP contribution in [-0.2, 0) is 36.3 Å². The number of benzene rings is 3. The van der Waals surface area contributed by atoms with Crippen molar-refractivity contribution in [1.82, 2.24) is 4.31 Å². The van der Waals surface area contributed by atoms with Gasteiger partial charge in [0.1, 0.15) is 5.82 Å². The summed E-state index contributed by atoms with van der Waals surface area (Å²) in [6.45, 7) is 1.46. The van der Waals surface area contributed by atoms with E-state index in [1.807, 2.05) is 0 Å². The van der Waals surface area contributed by atoms with Gasteiger partial charge < -0.3 is 10.1 Å². The van der Waals surface area contributed by atoms with E-state index >= 15 is 0 Å². The summed E-state index contributed by atoms with van der Waals surface area (Å²) in [4.78, 5) is 25.2. The van der Waals surface area contributed by atoms with Gasteiger partial charge in [0.05, 0.1) is 23.5 Å². The van der Waals surface area contributed by atoms with Crippen LogP contribution >= 0.6 is 11.6 Å². The highest BCUT2D eigenvalue weighted by Gasteiger charge is 2.52. The summed E-state index contributed by atoms with van der Waals surface area (Å²) in [6.07, 6.45) is 1.41. The van der Waals surface area contributed by atoms with Gasteiger partial charge in [-0.3, -0.25) is 9.59 Å². The van der Waals surface area contributed by atoms with Crippen molar-refractivity contribution in [3.05, 3.63) is 94.8 Å². The third-order valence-corrected chi connectivity index (χ3v) is 8.24. The summed E-state index contributed by atoms with van der Waals surface area (Å²) in [5.41, 5.74) is 1.16. The molecule has 0 heterocycles. The Hall–Kier alpha value is -3.27. The lowest BCUT2D eigenvalue weighted by atomic mass is 9.96. The molecule has 7 nitrogen and oxygen atoms in total. The highest BCUT2D eigenvalue weighted by atomic mass is 35.5. The molecule has 1 N–H and O–H groups in total. The van der Waals surface area contributed by atoms with Crippen molar-refractivity contribution >= 4 is 39.2 Å². The van der Waals surface area contributed by atoms with Crippen LogP contribution in [0, 0.1) is 5.82 Å². The van der Waals surface area contributed by atoms with Crippen molar-refractivity contribution in [1.29, 1.82) is 0 Å². The number of carbonyl (C=O) groups is 2. The van der Waals surface area contributed by atoms with Crippen LogP contribution in [-0.4, -0.2) is 37.8 Å². The number of amides is 1. The molecular weight excluding hydrogens is 519 g/mol. The lowest BCUT2D eigenvalue weighted by Crippen LogP contribution is -2.37. The van der Waals surface area contributed by atoms with Gasteiger partial charge >= 0.3 is 5.97 Å². The largest absolute Gasteiger partial charge is 0.465 e. The number of nitrogens with zero attached hydrogens (tertiary/aromatic N) is 1. The van der Waals surface area contributed by atoms with Gasteiger partial charge in [-0.05, 0) is 79.4 Å². The molecule has 0 saturated heterocycles. The molecule has 4 rings (SSSR count). The molecule has 3 aromatic carbocycles. The molecule has 37 heavy (non-hydrogen) atoms. The molecule has 1 saturated carbocycles. The maximum Gasteiger partial charge on any atom is 0.316 e. The molecule has 0 bridgehead atoms. The Balaban J connectivity index is 1.51. The third kappa shape index (κ3) is 6.18. The lowest BCUT2D eigenvalue weighted by Gasteiger charge is -2.22. The van der Waals surface area contributed by atoms with Crippen LogP contribution in [0.15, 0.2) is 77.7 Å². The monoisotopic (exact) mass is 544 g/mol. The fourth-order valence-corrected chi connectivity index (χ4v) is 5.52. The van der Waals surface area contributed by atoms with Crippen molar-refractivity contribution in [2.75, 3.05) is 18.5 Å². The Morgan fingerprint density at radius 1 is 1.00 bits per heavy atom. The number of ether oxygens (including phenoxy) is 1. The molecule has 10 heteroatoms. The second-order valence-electron chi connectivity index (χ2n) is 8.78. The van der Waals surface area contributed by atoms with Crippen LogP contribution in [0.1, 0.15) is 30.9 Å². The smallest absolute Gasteiger partial charge is 0.316 e. The quantitative estimate of drug-likeness (QED) is 0.366. The zero-order chi connectivity index (χ0) is 26.6. The predicted octanol–water partition coefficient (Wildman–Crippen LogP) is 4.90. The molecule has 194 valence electrons. The van der Waals surface area contributed by atoms with Gasteiger partial charge in [-0.2, -0.15) is 4.31 Å². The Labute approximate surface area is 220 Å². The second-order valence-corrected chi connectivity index (χ2v) is 11.2. The second kappa shape index (κ2) is 11.0. The summed E-state index contributed by atoms with van der Waals surface area (Å²) in [5.74, 6) is -1.26. The topological polar surface area (TPSA) is 92.8 Å². The highest BCUT2D eigenvalue weighted by Crippen LogP contribution is 2.49. The summed E-state index contributed by atoms with van der Waals surface area (Å²) in [6, 6.07) is 17.9. The standard InChI is InChI=1S/C27H26ClFN2O5S/c1-2-36-26(33)27(15-16-27)20-5-11-23(12-6-20)30-25(32)18-31(17-19-3-9-22(29)10-4-19)37(34,35)24-13-7-21(28)8-14-24/h3-14H,2,15-18H2,1H3,(H,30,32). The first-order valence-corrected chi connectivity index (χ1v) is 13.5. The van der Waals surface area contributed by atoms with Crippen LogP contribution in [0.25, 0.3) is 0 Å². The summed E-state index contributed by atoms with van der Waals surface area (Å²) >= 11 is 5.90. The maximum absolute atomic E-state index is 13.4. The number of nitrogens with one attached hydrogen (secondary N) is 1. The average molecular weight is 545 g/mol. The Morgan fingerprint density at radius 3 is 2.19 bits per heavy atom. The van der Waals surface area contributed by atoms with E-state index in [2.05, 4.69) is 5.32 Å². The summed E-state index contributed by atoms with van der Waals surface area (Å²) < 4.78 is 46.3. The molecule has 0 aromatic heterocycles. The summed E-state index contributed by atoms with van der Waals surface area (Å²) in [7, 11) is -4.08. The van der Waals surface area contributed by atoms with E-state index in [9.17, 15) is 22.4 Å². The molecule has 1 fully saturated rings. The van der Waals surface area contributed by atoms with E-state index in [1.54, 1.807) is 31.2 Å². The molecule has 1 aliphatic carbocycles. The molecule has 0 atom stereocenters. The van der Waals surface area contributed by atoms with E-state index in [4.69, 9.17) is 16.3 Å². The first-order chi connectivity index (χ1) is 17.6. The Bertz CT molecular complexity index is 1370. The van der Waals surface area contributed by atoms with Crippen LogP contribution in [0.2, 0.25) is 5.02 Å². The van der Waals surface area contributed by atoms with Crippen LogP contribution in [0.5, 0.6) is 0 Å². The zero-order valence-corrected chi connectivity index (χ0v) is 21.7. The normalized spacial score (nSPS) is 14.3. The third-order valence-electron chi connectivity index (χ3n) is 6.18. The molecule has 0 unspecified atom stereocenters. The molecule has 0 spiro atoms. The summed E-state index contributed by atoms with van der Waals surface area (Å²) in [5, 5.41) is 3.09. The number of hydrogen-bond donors (Lipinski definition) is 1. The molecular formula is C27H26ClFN2O5S. The molecule has 1 amide bonds. The van der Waals surface area contributed by atoms with E-state index in [1.165, 1.54) is 48.5 Å². The fourth-order valence-electron chi connectivity index (χ4n) is 4.01. The SMILES string of the molecule is CCOC(=O)C1(c2ccc(NC(=O)CN(Cc3ccc(F)cc3)S(=O)(=O)c3ccc(Cl)cc3)cc2)CC1. The number of halogens is 2. The van der Waals surface area contributed by atoms with Crippen LogP contribution < -0.4 is 5.32 Å². The average Bonchev–Trinajstić information content (AvgIpc) is 3.68. The van der Waals surface area contributed by atoms with Gasteiger partial charge in [0.25, 0.3) is 0 Å². The van der Waals surface area contributed by atoms with Crippen LogP contribution in [0.4, 0.5) is 10.1 Å². The van der Waals surface area contributed by atoms with Gasteiger partial charge in [-0.25, -0.2) is 12.8 Å². The fraction of sp³-hybridized carbons (Fsp3) is 0.259. The van der Waals surface area contributed by atoms with Gasteiger partial charge in [-0.15, -0.1) is 0 Å². The van der Waals surface area contributed by atoms with Gasteiger partial charge in [0, 0.05) is 17.3 Å². The number of esters is 1. The number of sulfonamides is 1.